The first-order chi connectivity index (χ1) is 9.60. The van der Waals surface area contributed by atoms with E-state index in [2.05, 4.69) is 37.4 Å². The van der Waals surface area contributed by atoms with Gasteiger partial charge in [-0.3, -0.25) is 4.68 Å². The monoisotopic (exact) mass is 277 g/mol. The van der Waals surface area contributed by atoms with Gasteiger partial charge in [0.25, 0.3) is 0 Å². The summed E-state index contributed by atoms with van der Waals surface area (Å²) >= 11 is 0. The third-order valence-corrected chi connectivity index (χ3v) is 4.99. The Labute approximate surface area is 124 Å². The molecular formula is C17H31N3. The van der Waals surface area contributed by atoms with Gasteiger partial charge in [-0.25, -0.2) is 0 Å². The van der Waals surface area contributed by atoms with Crippen molar-refractivity contribution in [3.8, 4) is 0 Å². The summed E-state index contributed by atoms with van der Waals surface area (Å²) in [6, 6.07) is 0.728. The topological polar surface area (TPSA) is 29.9 Å². The van der Waals surface area contributed by atoms with Crippen LogP contribution in [-0.2, 0) is 13.5 Å². The molecule has 1 aliphatic rings. The van der Waals surface area contributed by atoms with E-state index in [1.165, 1.54) is 37.7 Å². The van der Waals surface area contributed by atoms with E-state index < -0.39 is 0 Å². The first-order valence-electron chi connectivity index (χ1n) is 8.31. The van der Waals surface area contributed by atoms with Crippen LogP contribution >= 0.6 is 0 Å². The zero-order valence-electron chi connectivity index (χ0n) is 13.6. The summed E-state index contributed by atoms with van der Waals surface area (Å²) in [5, 5.41) is 7.99. The van der Waals surface area contributed by atoms with Crippen LogP contribution in [0.3, 0.4) is 0 Å². The van der Waals surface area contributed by atoms with Crippen LogP contribution in [0.5, 0.6) is 0 Å². The number of aryl methyl sites for hydroxylation is 2. The molecule has 2 rings (SSSR count). The molecular weight excluding hydrogens is 246 g/mol. The Morgan fingerprint density at radius 1 is 1.40 bits per heavy atom. The second-order valence-electron chi connectivity index (χ2n) is 6.80. The van der Waals surface area contributed by atoms with Crippen molar-refractivity contribution in [1.82, 2.24) is 15.1 Å². The lowest BCUT2D eigenvalue weighted by Crippen LogP contribution is -2.41. The zero-order chi connectivity index (χ0) is 14.5. The fourth-order valence-corrected chi connectivity index (χ4v) is 3.71. The Hall–Kier alpha value is -0.830. The highest BCUT2D eigenvalue weighted by atomic mass is 15.2. The van der Waals surface area contributed by atoms with Gasteiger partial charge in [0.2, 0.25) is 0 Å². The van der Waals surface area contributed by atoms with Crippen LogP contribution in [0.25, 0.3) is 0 Å². The lowest BCUT2D eigenvalue weighted by Gasteiger charge is -2.38. The first-order valence-corrected chi connectivity index (χ1v) is 8.31. The normalized spacial score (nSPS) is 27.1. The molecule has 3 atom stereocenters. The average molecular weight is 277 g/mol. The standard InChI is InChI=1S/C17H31N3/c1-5-18-17-9-8-15(13(2)3)10-16(17)7-6-14-11-19-20(4)12-14/h11-13,15-18H,5-10H2,1-4H3. The highest BCUT2D eigenvalue weighted by molar-refractivity contribution is 5.04. The Morgan fingerprint density at radius 2 is 2.20 bits per heavy atom. The van der Waals surface area contributed by atoms with Crippen molar-refractivity contribution in [2.75, 3.05) is 6.54 Å². The molecule has 0 radical (unpaired) electrons. The summed E-state index contributed by atoms with van der Waals surface area (Å²) in [5.41, 5.74) is 1.38. The predicted octanol–water partition coefficient (Wildman–Crippen LogP) is 3.40. The van der Waals surface area contributed by atoms with Gasteiger partial charge >= 0.3 is 0 Å². The number of hydrogen-bond donors (Lipinski definition) is 1. The quantitative estimate of drug-likeness (QED) is 0.863. The van der Waals surface area contributed by atoms with Crippen LogP contribution in [0.1, 0.15) is 52.0 Å². The molecule has 1 aromatic rings. The van der Waals surface area contributed by atoms with Crippen molar-refractivity contribution in [3.63, 3.8) is 0 Å². The van der Waals surface area contributed by atoms with Gasteiger partial charge in [0, 0.05) is 19.3 Å². The van der Waals surface area contributed by atoms with Crippen LogP contribution in [0.4, 0.5) is 0 Å². The van der Waals surface area contributed by atoms with Gasteiger partial charge in [-0.2, -0.15) is 5.10 Å². The second kappa shape index (κ2) is 7.26. The molecule has 3 nitrogen and oxygen atoms in total. The maximum atomic E-state index is 4.28. The summed E-state index contributed by atoms with van der Waals surface area (Å²) in [6.07, 6.45) is 10.8. The highest BCUT2D eigenvalue weighted by Gasteiger charge is 2.30. The molecule has 0 aliphatic heterocycles. The third-order valence-electron chi connectivity index (χ3n) is 4.99. The van der Waals surface area contributed by atoms with Crippen molar-refractivity contribution in [2.45, 2.75) is 58.9 Å². The SMILES string of the molecule is CCNC1CCC(C(C)C)CC1CCc1cnn(C)c1. The molecule has 1 aliphatic carbocycles. The van der Waals surface area contributed by atoms with E-state index in [1.807, 2.05) is 17.9 Å². The molecule has 0 saturated heterocycles. The third kappa shape index (κ3) is 4.08. The van der Waals surface area contributed by atoms with Crippen molar-refractivity contribution < 1.29 is 0 Å². The molecule has 20 heavy (non-hydrogen) atoms. The smallest absolute Gasteiger partial charge is 0.0521 e. The van der Waals surface area contributed by atoms with E-state index in [4.69, 9.17) is 0 Å². The summed E-state index contributed by atoms with van der Waals surface area (Å²) in [6.45, 7) is 8.10. The van der Waals surface area contributed by atoms with Crippen LogP contribution in [-0.4, -0.2) is 22.4 Å². The van der Waals surface area contributed by atoms with E-state index in [0.717, 1.165) is 30.3 Å². The van der Waals surface area contributed by atoms with E-state index in [-0.39, 0.29) is 0 Å². The minimum absolute atomic E-state index is 0.728. The molecule has 0 spiro atoms. The Balaban J connectivity index is 1.92. The second-order valence-corrected chi connectivity index (χ2v) is 6.80. The van der Waals surface area contributed by atoms with Gasteiger partial charge in [0.1, 0.15) is 0 Å². The molecule has 1 heterocycles. The van der Waals surface area contributed by atoms with Gasteiger partial charge in [-0.15, -0.1) is 0 Å². The minimum Gasteiger partial charge on any atom is -0.314 e. The van der Waals surface area contributed by atoms with Crippen molar-refractivity contribution in [3.05, 3.63) is 18.0 Å². The largest absolute Gasteiger partial charge is 0.314 e. The van der Waals surface area contributed by atoms with Crippen molar-refractivity contribution in [2.24, 2.45) is 24.8 Å². The van der Waals surface area contributed by atoms with Crippen molar-refractivity contribution in [1.29, 1.82) is 0 Å². The van der Waals surface area contributed by atoms with Gasteiger partial charge in [0.15, 0.2) is 0 Å². The molecule has 0 aromatic carbocycles. The number of hydrogen-bond acceptors (Lipinski definition) is 2. The first kappa shape index (κ1) is 15.6. The van der Waals surface area contributed by atoms with E-state index in [1.54, 1.807) is 0 Å². The molecule has 114 valence electrons. The maximum absolute atomic E-state index is 4.28. The Kier molecular flexibility index (Phi) is 5.64. The van der Waals surface area contributed by atoms with Gasteiger partial charge in [-0.05, 0) is 62.0 Å². The molecule has 1 fully saturated rings. The van der Waals surface area contributed by atoms with Gasteiger partial charge in [0.05, 0.1) is 6.20 Å². The zero-order valence-corrected chi connectivity index (χ0v) is 13.6. The molecule has 1 saturated carbocycles. The number of nitrogens with zero attached hydrogens (tertiary/aromatic N) is 2. The predicted molar refractivity (Wildman–Crippen MR) is 84.7 cm³/mol. The highest BCUT2D eigenvalue weighted by Crippen LogP contribution is 2.36. The van der Waals surface area contributed by atoms with E-state index in [0.29, 0.717) is 0 Å². The fourth-order valence-electron chi connectivity index (χ4n) is 3.71. The van der Waals surface area contributed by atoms with Crippen LogP contribution in [0.2, 0.25) is 0 Å². The Morgan fingerprint density at radius 3 is 2.80 bits per heavy atom. The molecule has 3 unspecified atom stereocenters. The number of rotatable bonds is 6. The van der Waals surface area contributed by atoms with Crippen LogP contribution in [0, 0.1) is 17.8 Å². The Bertz CT molecular complexity index is 397. The lowest BCUT2D eigenvalue weighted by molar-refractivity contribution is 0.162. The molecule has 0 amide bonds. The summed E-state index contributed by atoms with van der Waals surface area (Å²) in [4.78, 5) is 0. The summed E-state index contributed by atoms with van der Waals surface area (Å²) in [5.74, 6) is 2.58. The average Bonchev–Trinajstić information content (AvgIpc) is 2.83. The van der Waals surface area contributed by atoms with Crippen molar-refractivity contribution >= 4 is 0 Å². The van der Waals surface area contributed by atoms with Gasteiger partial charge < -0.3 is 5.32 Å². The summed E-state index contributed by atoms with van der Waals surface area (Å²) in [7, 11) is 2.00. The lowest BCUT2D eigenvalue weighted by atomic mass is 9.72. The maximum Gasteiger partial charge on any atom is 0.0521 e. The fraction of sp³-hybridized carbons (Fsp3) is 0.824. The minimum atomic E-state index is 0.728. The molecule has 1 aromatic heterocycles. The molecule has 1 N–H and O–H groups in total. The van der Waals surface area contributed by atoms with Gasteiger partial charge in [-0.1, -0.05) is 20.8 Å². The van der Waals surface area contributed by atoms with Crippen LogP contribution < -0.4 is 5.32 Å². The van der Waals surface area contributed by atoms with E-state index >= 15 is 0 Å². The van der Waals surface area contributed by atoms with Crippen LogP contribution in [0.15, 0.2) is 12.4 Å². The number of aromatic nitrogens is 2. The molecule has 0 bridgehead atoms. The van der Waals surface area contributed by atoms with E-state index in [9.17, 15) is 0 Å². The number of nitrogens with one attached hydrogen (secondary N) is 1. The molecule has 3 heteroatoms. The summed E-state index contributed by atoms with van der Waals surface area (Å²) < 4.78 is 1.91.